The number of pyridine rings is 4. The van der Waals surface area contributed by atoms with Crippen LogP contribution in [0.25, 0.3) is 33.9 Å². The van der Waals surface area contributed by atoms with Gasteiger partial charge in [0, 0.05) is 88.3 Å². The molecular weight excluding hydrogens is 1010 g/mol. The monoisotopic (exact) mass is 1030 g/mol. The molecule has 5 aromatic heterocycles. The van der Waals surface area contributed by atoms with E-state index in [0.29, 0.717) is 17.1 Å². The minimum absolute atomic E-state index is 0. The number of hydrogen-bond donors (Lipinski definition) is 1. The third-order valence-corrected chi connectivity index (χ3v) is 5.75. The van der Waals surface area contributed by atoms with Gasteiger partial charge in [0.1, 0.15) is 5.69 Å². The molecule has 2 radical (unpaired) electrons. The Morgan fingerprint density at radius 2 is 1.06 bits per heavy atom. The Bertz CT molecular complexity index is 1910. The Hall–Kier alpha value is -5.33. The van der Waals surface area contributed by atoms with Crippen molar-refractivity contribution in [3.05, 3.63) is 169 Å². The maximum absolute atomic E-state index is 13.2. The van der Waals surface area contributed by atoms with E-state index >= 15 is 0 Å². The predicted octanol–water partition coefficient (Wildman–Crippen LogP) is 6.92. The van der Waals surface area contributed by atoms with Gasteiger partial charge < -0.3 is 25.3 Å². The summed E-state index contributed by atoms with van der Waals surface area (Å²) in [7, 11) is 0. The van der Waals surface area contributed by atoms with Crippen molar-refractivity contribution in [3.63, 3.8) is 0 Å². The molecule has 0 saturated heterocycles. The van der Waals surface area contributed by atoms with E-state index in [1.165, 1.54) is 12.3 Å². The molecule has 0 saturated carbocycles. The van der Waals surface area contributed by atoms with Crippen molar-refractivity contribution in [1.82, 2.24) is 35.3 Å². The van der Waals surface area contributed by atoms with Crippen molar-refractivity contribution in [2.24, 2.45) is 0 Å². The van der Waals surface area contributed by atoms with Crippen LogP contribution in [0.5, 0.6) is 0 Å². The van der Waals surface area contributed by atoms with Gasteiger partial charge in [-0.3, -0.25) is 27.8 Å². The SMILES string of the molecule is Fc1c[c-]c(-c2ccccn2)c(F)c1.Fc1c[c-]c(-c2ccccn2)c(F)c1.O=C(O)c1ccccn1.[Ir].[Ir].c1ccc(-c2cnn[n-]2)nc1. The zero-order chi connectivity index (χ0) is 34.1. The molecule has 0 aliphatic carbocycles. The van der Waals surface area contributed by atoms with Crippen LogP contribution < -0.4 is 5.10 Å². The first-order valence-corrected chi connectivity index (χ1v) is 13.7. The quantitative estimate of drug-likeness (QED) is 0.148. The molecule has 15 heteroatoms. The van der Waals surface area contributed by atoms with Crippen molar-refractivity contribution in [2.45, 2.75) is 0 Å². The summed E-state index contributed by atoms with van der Waals surface area (Å²) in [5, 5.41) is 19.1. The molecule has 0 aliphatic heterocycles. The molecule has 7 aromatic rings. The fourth-order valence-electron chi connectivity index (χ4n) is 3.61. The summed E-state index contributed by atoms with van der Waals surface area (Å²) in [5.41, 5.74) is 2.87. The molecule has 0 amide bonds. The van der Waals surface area contributed by atoms with Gasteiger partial charge in [-0.2, -0.15) is 0 Å². The van der Waals surface area contributed by atoms with Crippen LogP contribution in [0.4, 0.5) is 17.6 Å². The topological polar surface area (TPSA) is 129 Å². The Kier molecular flexibility index (Phi) is 17.6. The number of halogens is 4. The van der Waals surface area contributed by atoms with Crippen LogP contribution >= 0.6 is 0 Å². The fraction of sp³-hybridized carbons (Fsp3) is 0. The van der Waals surface area contributed by atoms with Gasteiger partial charge in [0.2, 0.25) is 0 Å². The Labute approximate surface area is 310 Å². The molecule has 7 rings (SSSR count). The van der Waals surface area contributed by atoms with E-state index in [9.17, 15) is 22.4 Å². The number of benzene rings is 2. The van der Waals surface area contributed by atoms with Gasteiger partial charge in [0.15, 0.2) is 0 Å². The van der Waals surface area contributed by atoms with Gasteiger partial charge in [0.05, 0.1) is 5.69 Å². The number of rotatable bonds is 4. The van der Waals surface area contributed by atoms with Crippen LogP contribution in [0, 0.1) is 35.4 Å². The van der Waals surface area contributed by atoms with E-state index in [2.05, 4.69) is 47.5 Å². The number of aromatic carboxylic acids is 1. The van der Waals surface area contributed by atoms with Crippen LogP contribution in [-0.4, -0.2) is 41.3 Å². The molecule has 50 heavy (non-hydrogen) atoms. The van der Waals surface area contributed by atoms with E-state index < -0.39 is 29.2 Å². The van der Waals surface area contributed by atoms with Crippen LogP contribution in [0.2, 0.25) is 0 Å². The Morgan fingerprint density at radius 1 is 0.620 bits per heavy atom. The molecule has 9 nitrogen and oxygen atoms in total. The molecule has 0 bridgehead atoms. The zero-order valence-electron chi connectivity index (χ0n) is 25.3. The first kappa shape index (κ1) is 40.8. The molecule has 0 fully saturated rings. The largest absolute Gasteiger partial charge is 0.477 e. The minimum Gasteiger partial charge on any atom is -0.477 e. The van der Waals surface area contributed by atoms with Gasteiger partial charge in [0.25, 0.3) is 0 Å². The molecular formula is C35H22F4Ir2N7O2-3. The Morgan fingerprint density at radius 3 is 1.38 bits per heavy atom. The van der Waals surface area contributed by atoms with Crippen molar-refractivity contribution >= 4 is 5.97 Å². The summed E-state index contributed by atoms with van der Waals surface area (Å²) in [4.78, 5) is 25.7. The van der Waals surface area contributed by atoms with Crippen molar-refractivity contribution < 1.29 is 67.7 Å². The minimum atomic E-state index is -0.990. The number of carbonyl (C=O) groups is 1. The molecule has 5 heterocycles. The number of aromatic nitrogens is 7. The first-order chi connectivity index (χ1) is 23.3. The van der Waals surface area contributed by atoms with E-state index in [1.54, 1.807) is 73.3 Å². The number of carboxylic acids is 1. The van der Waals surface area contributed by atoms with Crippen molar-refractivity contribution in [1.29, 1.82) is 0 Å². The summed E-state index contributed by atoms with van der Waals surface area (Å²) < 4.78 is 51.6. The molecule has 0 spiro atoms. The van der Waals surface area contributed by atoms with Crippen LogP contribution in [-0.2, 0) is 40.2 Å². The van der Waals surface area contributed by atoms with Gasteiger partial charge in [-0.25, -0.2) is 9.78 Å². The van der Waals surface area contributed by atoms with Crippen LogP contribution in [0.1, 0.15) is 10.5 Å². The van der Waals surface area contributed by atoms with Crippen molar-refractivity contribution in [3.8, 4) is 33.9 Å². The third kappa shape index (κ3) is 12.9. The maximum Gasteiger partial charge on any atom is 0.354 e. The van der Waals surface area contributed by atoms with E-state index in [1.807, 2.05) is 18.2 Å². The second-order valence-corrected chi connectivity index (χ2v) is 9.07. The summed E-state index contributed by atoms with van der Waals surface area (Å²) in [6.07, 6.45) is 7.84. The molecule has 258 valence electrons. The molecule has 0 unspecified atom stereocenters. The van der Waals surface area contributed by atoms with Crippen LogP contribution in [0.15, 0.2) is 128 Å². The summed E-state index contributed by atoms with van der Waals surface area (Å²) in [6, 6.07) is 29.4. The second kappa shape index (κ2) is 21.6. The number of nitrogens with zero attached hydrogens (tertiary/aromatic N) is 7. The van der Waals surface area contributed by atoms with Gasteiger partial charge in [-0.1, -0.05) is 65.9 Å². The van der Waals surface area contributed by atoms with Gasteiger partial charge in [-0.05, 0) is 53.5 Å². The average molecular weight is 1030 g/mol. The zero-order valence-corrected chi connectivity index (χ0v) is 30.1. The molecule has 2 aromatic carbocycles. The van der Waals surface area contributed by atoms with E-state index in [0.717, 1.165) is 30.0 Å². The standard InChI is InChI=1S/2C11H6F2N.C7H5N4.C6H5NO2.2Ir/c2*12-8-4-5-9(10(13)7-8)11-3-1-2-6-14-11;1-2-4-8-6(3-1)7-5-9-11-10-7;8-6(9)5-3-1-2-4-7-5;;/h2*1-4,6-7H;1-5H;1-4H,(H,8,9);;/q3*-1;;;. The van der Waals surface area contributed by atoms with Gasteiger partial charge >= 0.3 is 5.97 Å². The number of hydrogen-bond acceptors (Lipinski definition) is 7. The van der Waals surface area contributed by atoms with Crippen molar-refractivity contribution in [2.75, 3.05) is 0 Å². The maximum atomic E-state index is 13.2. The fourth-order valence-corrected chi connectivity index (χ4v) is 3.61. The average Bonchev–Trinajstić information content (AvgIpc) is 3.66. The van der Waals surface area contributed by atoms with E-state index in [-0.39, 0.29) is 57.0 Å². The first-order valence-electron chi connectivity index (χ1n) is 13.7. The summed E-state index contributed by atoms with van der Waals surface area (Å²) >= 11 is 0. The number of carboxylic acid groups (broad SMARTS) is 1. The third-order valence-electron chi connectivity index (χ3n) is 5.75. The predicted molar refractivity (Wildman–Crippen MR) is 167 cm³/mol. The molecule has 0 atom stereocenters. The second-order valence-electron chi connectivity index (χ2n) is 9.07. The van der Waals surface area contributed by atoms with Gasteiger partial charge in [-0.15, -0.1) is 24.3 Å². The summed E-state index contributed by atoms with van der Waals surface area (Å²) in [6.45, 7) is 0. The smallest absolute Gasteiger partial charge is 0.354 e. The summed E-state index contributed by atoms with van der Waals surface area (Å²) in [5.74, 6) is -3.56. The molecule has 0 aliphatic rings. The molecule has 1 N–H and O–H groups in total. The normalized spacial score (nSPS) is 9.44. The Balaban J connectivity index is 0.000000231. The van der Waals surface area contributed by atoms with E-state index in [4.69, 9.17) is 5.11 Å². The van der Waals surface area contributed by atoms with Crippen LogP contribution in [0.3, 0.4) is 0 Å².